The molecule has 0 atom stereocenters. The maximum atomic E-state index is 10.8. The fourth-order valence-electron chi connectivity index (χ4n) is 1.56. The molecular formula is C11H12N2O6. The third kappa shape index (κ3) is 3.95. The molecule has 0 saturated carbocycles. The van der Waals surface area contributed by atoms with Crippen LogP contribution in [0.1, 0.15) is 5.56 Å². The number of nitrogens with zero attached hydrogens (tertiary/aromatic N) is 2. The number of hydrogen-bond donors (Lipinski definition) is 2. The molecule has 0 radical (unpaired) electrons. The van der Waals surface area contributed by atoms with E-state index in [1.54, 1.807) is 6.92 Å². The molecule has 0 heterocycles. The lowest BCUT2D eigenvalue weighted by atomic mass is 10.1. The van der Waals surface area contributed by atoms with Crippen LogP contribution in [0.25, 0.3) is 0 Å². The predicted molar refractivity (Wildman–Crippen MR) is 65.3 cm³/mol. The van der Waals surface area contributed by atoms with Gasteiger partial charge in [0.15, 0.2) is 0 Å². The van der Waals surface area contributed by atoms with E-state index in [1.807, 2.05) is 0 Å². The summed E-state index contributed by atoms with van der Waals surface area (Å²) < 4.78 is 0. The fraction of sp³-hybridized carbons (Fsp3) is 0.273. The number of nitro benzene ring substituents is 1. The number of rotatable bonds is 6. The molecule has 0 unspecified atom stereocenters. The summed E-state index contributed by atoms with van der Waals surface area (Å²) in [7, 11) is 0. The molecule has 0 aliphatic heterocycles. The zero-order valence-electron chi connectivity index (χ0n) is 10.1. The lowest BCUT2D eigenvalue weighted by Gasteiger charge is -2.20. The summed E-state index contributed by atoms with van der Waals surface area (Å²) in [5.74, 6) is -2.44. The van der Waals surface area contributed by atoms with Crippen LogP contribution in [0.15, 0.2) is 18.2 Å². The van der Waals surface area contributed by atoms with Crippen LogP contribution < -0.4 is 4.90 Å². The van der Waals surface area contributed by atoms with E-state index >= 15 is 0 Å². The molecule has 0 aromatic heterocycles. The smallest absolute Gasteiger partial charge is 0.323 e. The van der Waals surface area contributed by atoms with E-state index in [-0.39, 0.29) is 11.4 Å². The molecule has 0 aliphatic rings. The molecule has 1 rings (SSSR count). The van der Waals surface area contributed by atoms with Crippen molar-refractivity contribution >= 4 is 23.3 Å². The minimum absolute atomic E-state index is 0.182. The molecule has 8 nitrogen and oxygen atoms in total. The van der Waals surface area contributed by atoms with Crippen molar-refractivity contribution in [3.63, 3.8) is 0 Å². The SMILES string of the molecule is Cc1ccc(N(CC(=O)O)CC(=O)O)cc1[N+](=O)[O-]. The predicted octanol–water partition coefficient (Wildman–Crippen LogP) is 0.879. The highest BCUT2D eigenvalue weighted by molar-refractivity contribution is 5.80. The number of hydrogen-bond acceptors (Lipinski definition) is 5. The normalized spacial score (nSPS) is 9.95. The molecule has 2 N–H and O–H groups in total. The summed E-state index contributed by atoms with van der Waals surface area (Å²) in [5.41, 5.74) is 0.416. The lowest BCUT2D eigenvalue weighted by molar-refractivity contribution is -0.385. The van der Waals surface area contributed by atoms with Crippen molar-refractivity contribution in [3.05, 3.63) is 33.9 Å². The van der Waals surface area contributed by atoms with Crippen LogP contribution in [0.2, 0.25) is 0 Å². The van der Waals surface area contributed by atoms with Gasteiger partial charge >= 0.3 is 11.9 Å². The minimum atomic E-state index is -1.22. The maximum absolute atomic E-state index is 10.8. The average molecular weight is 268 g/mol. The van der Waals surface area contributed by atoms with Crippen LogP contribution in [0.5, 0.6) is 0 Å². The fourth-order valence-corrected chi connectivity index (χ4v) is 1.56. The molecule has 1 aromatic carbocycles. The van der Waals surface area contributed by atoms with Crippen molar-refractivity contribution < 1.29 is 24.7 Å². The maximum Gasteiger partial charge on any atom is 0.323 e. The highest BCUT2D eigenvalue weighted by atomic mass is 16.6. The van der Waals surface area contributed by atoms with Crippen LogP contribution >= 0.6 is 0 Å². The number of carboxylic acid groups (broad SMARTS) is 2. The van der Waals surface area contributed by atoms with E-state index in [2.05, 4.69) is 0 Å². The van der Waals surface area contributed by atoms with Gasteiger partial charge in [-0.3, -0.25) is 19.7 Å². The number of carboxylic acids is 2. The van der Waals surface area contributed by atoms with E-state index in [1.165, 1.54) is 18.2 Å². The Bertz CT molecular complexity index is 512. The Kier molecular flexibility index (Phi) is 4.41. The largest absolute Gasteiger partial charge is 0.480 e. The van der Waals surface area contributed by atoms with Crippen molar-refractivity contribution in [2.45, 2.75) is 6.92 Å². The number of benzene rings is 1. The molecule has 102 valence electrons. The van der Waals surface area contributed by atoms with E-state index in [0.717, 1.165) is 4.90 Å². The van der Waals surface area contributed by atoms with Gasteiger partial charge in [-0.25, -0.2) is 0 Å². The summed E-state index contributed by atoms with van der Waals surface area (Å²) in [6.07, 6.45) is 0. The molecule has 0 spiro atoms. The summed E-state index contributed by atoms with van der Waals surface area (Å²) in [6.45, 7) is 0.444. The average Bonchev–Trinajstić information content (AvgIpc) is 2.27. The second-order valence-corrected chi connectivity index (χ2v) is 3.87. The van der Waals surface area contributed by atoms with Crippen LogP contribution in [0, 0.1) is 17.0 Å². The van der Waals surface area contributed by atoms with E-state index < -0.39 is 30.0 Å². The van der Waals surface area contributed by atoms with Gasteiger partial charge in [-0.1, -0.05) is 6.07 Å². The van der Waals surface area contributed by atoms with Crippen molar-refractivity contribution in [2.24, 2.45) is 0 Å². The highest BCUT2D eigenvalue weighted by Gasteiger charge is 2.18. The second-order valence-electron chi connectivity index (χ2n) is 3.87. The van der Waals surface area contributed by atoms with Crippen LogP contribution in [-0.4, -0.2) is 40.2 Å². The minimum Gasteiger partial charge on any atom is -0.480 e. The van der Waals surface area contributed by atoms with Crippen molar-refractivity contribution in [3.8, 4) is 0 Å². The molecule has 19 heavy (non-hydrogen) atoms. The topological polar surface area (TPSA) is 121 Å². The van der Waals surface area contributed by atoms with Gasteiger partial charge < -0.3 is 15.1 Å². The third-order valence-electron chi connectivity index (χ3n) is 2.41. The molecule has 0 amide bonds. The quantitative estimate of drug-likeness (QED) is 0.580. The van der Waals surface area contributed by atoms with Gasteiger partial charge in [-0.15, -0.1) is 0 Å². The van der Waals surface area contributed by atoms with Gasteiger partial charge in [0.1, 0.15) is 13.1 Å². The number of nitro groups is 1. The van der Waals surface area contributed by atoms with Crippen molar-refractivity contribution in [2.75, 3.05) is 18.0 Å². The first-order valence-corrected chi connectivity index (χ1v) is 5.25. The Morgan fingerprint density at radius 1 is 1.26 bits per heavy atom. The molecular weight excluding hydrogens is 256 g/mol. The Morgan fingerprint density at radius 2 is 1.79 bits per heavy atom. The summed E-state index contributed by atoms with van der Waals surface area (Å²) in [4.78, 5) is 32.6. The highest BCUT2D eigenvalue weighted by Crippen LogP contribution is 2.24. The summed E-state index contributed by atoms with van der Waals surface area (Å²) >= 11 is 0. The molecule has 0 bridgehead atoms. The number of aliphatic carboxylic acids is 2. The van der Waals surface area contributed by atoms with Crippen LogP contribution in [0.4, 0.5) is 11.4 Å². The number of carbonyl (C=O) groups is 2. The Labute approximate surface area is 108 Å². The first kappa shape index (κ1) is 14.4. The van der Waals surface area contributed by atoms with Crippen molar-refractivity contribution in [1.82, 2.24) is 0 Å². The van der Waals surface area contributed by atoms with Gasteiger partial charge in [-0.2, -0.15) is 0 Å². The second kappa shape index (κ2) is 5.80. The number of aryl methyl sites for hydroxylation is 1. The first-order valence-electron chi connectivity index (χ1n) is 5.25. The molecule has 0 saturated heterocycles. The lowest BCUT2D eigenvalue weighted by Crippen LogP contribution is -2.34. The molecule has 0 fully saturated rings. The van der Waals surface area contributed by atoms with E-state index in [9.17, 15) is 19.7 Å². The van der Waals surface area contributed by atoms with Gasteiger partial charge in [-0.05, 0) is 13.0 Å². The molecule has 8 heteroatoms. The van der Waals surface area contributed by atoms with Gasteiger partial charge in [0.2, 0.25) is 0 Å². The van der Waals surface area contributed by atoms with Crippen molar-refractivity contribution in [1.29, 1.82) is 0 Å². The Balaban J connectivity index is 3.14. The van der Waals surface area contributed by atoms with Gasteiger partial charge in [0.25, 0.3) is 5.69 Å². The third-order valence-corrected chi connectivity index (χ3v) is 2.41. The molecule has 1 aromatic rings. The zero-order valence-corrected chi connectivity index (χ0v) is 10.1. The van der Waals surface area contributed by atoms with E-state index in [0.29, 0.717) is 5.56 Å². The van der Waals surface area contributed by atoms with Gasteiger partial charge in [0, 0.05) is 17.3 Å². The standard InChI is InChI=1S/C11H12N2O6/c1-7-2-3-8(4-9(7)13(18)19)12(5-10(14)15)6-11(16)17/h2-4H,5-6H2,1H3,(H,14,15)(H,16,17). The van der Waals surface area contributed by atoms with Gasteiger partial charge in [0.05, 0.1) is 4.92 Å². The van der Waals surface area contributed by atoms with E-state index in [4.69, 9.17) is 10.2 Å². The van der Waals surface area contributed by atoms with Crippen LogP contribution in [-0.2, 0) is 9.59 Å². The summed E-state index contributed by atoms with van der Waals surface area (Å²) in [6, 6.07) is 4.07. The zero-order chi connectivity index (χ0) is 14.6. The Morgan fingerprint density at radius 3 is 2.21 bits per heavy atom. The number of anilines is 1. The first-order chi connectivity index (χ1) is 8.81. The monoisotopic (exact) mass is 268 g/mol. The summed E-state index contributed by atoms with van der Waals surface area (Å²) in [5, 5.41) is 28.2. The molecule has 0 aliphatic carbocycles. The van der Waals surface area contributed by atoms with Crippen LogP contribution in [0.3, 0.4) is 0 Å². The Hall–Kier alpha value is -2.64.